The van der Waals surface area contributed by atoms with Gasteiger partial charge in [-0.3, -0.25) is 9.59 Å². The number of carboxylic acid groups (broad SMARTS) is 1. The Bertz CT molecular complexity index is 213. The van der Waals surface area contributed by atoms with Gasteiger partial charge in [0.05, 0.1) is 12.5 Å². The summed E-state index contributed by atoms with van der Waals surface area (Å²) in [7, 11) is 0. The third kappa shape index (κ3) is 2.99. The van der Waals surface area contributed by atoms with Crippen LogP contribution in [0, 0.1) is 5.92 Å². The van der Waals surface area contributed by atoms with E-state index in [2.05, 4.69) is 0 Å². The molecule has 0 radical (unpaired) electrons. The SMILES string of the molecule is CC(=O)O[C@H]1C[C@@H](O)C[C@@H]1CC(=O)O. The van der Waals surface area contributed by atoms with E-state index in [-0.39, 0.29) is 12.3 Å². The number of aliphatic hydroxyl groups excluding tert-OH is 1. The fraction of sp³-hybridized carbons (Fsp3) is 0.778. The summed E-state index contributed by atoms with van der Waals surface area (Å²) in [4.78, 5) is 21.2. The molecule has 0 aliphatic heterocycles. The average molecular weight is 202 g/mol. The highest BCUT2D eigenvalue weighted by Crippen LogP contribution is 2.31. The zero-order valence-electron chi connectivity index (χ0n) is 7.97. The highest BCUT2D eigenvalue weighted by atomic mass is 16.5. The molecule has 0 aromatic heterocycles. The maximum Gasteiger partial charge on any atom is 0.303 e. The first-order chi connectivity index (χ1) is 6.49. The number of hydrogen-bond acceptors (Lipinski definition) is 4. The number of carbonyl (C=O) groups is 2. The standard InChI is InChI=1S/C9H14O5/c1-5(10)14-8-4-7(11)2-6(8)3-9(12)13/h6-8,11H,2-4H2,1H3,(H,12,13)/t6-,7+,8+/m1/s1. The number of esters is 1. The zero-order valence-corrected chi connectivity index (χ0v) is 7.97. The van der Waals surface area contributed by atoms with Gasteiger partial charge in [0.1, 0.15) is 6.10 Å². The molecule has 0 heterocycles. The molecular weight excluding hydrogens is 188 g/mol. The molecule has 1 saturated carbocycles. The highest BCUT2D eigenvalue weighted by molar-refractivity contribution is 5.68. The summed E-state index contributed by atoms with van der Waals surface area (Å²) in [6.07, 6.45) is -0.321. The molecule has 1 aliphatic rings. The van der Waals surface area contributed by atoms with E-state index in [0.717, 1.165) is 0 Å². The van der Waals surface area contributed by atoms with Crippen LogP contribution in [-0.4, -0.2) is 34.4 Å². The zero-order chi connectivity index (χ0) is 10.7. The van der Waals surface area contributed by atoms with E-state index < -0.39 is 24.1 Å². The van der Waals surface area contributed by atoms with Crippen molar-refractivity contribution in [3.8, 4) is 0 Å². The topological polar surface area (TPSA) is 83.8 Å². The van der Waals surface area contributed by atoms with Crippen molar-refractivity contribution in [2.24, 2.45) is 5.92 Å². The van der Waals surface area contributed by atoms with Gasteiger partial charge in [0.25, 0.3) is 0 Å². The van der Waals surface area contributed by atoms with E-state index in [4.69, 9.17) is 9.84 Å². The Morgan fingerprint density at radius 3 is 2.57 bits per heavy atom. The molecule has 3 atom stereocenters. The molecule has 0 saturated heterocycles. The minimum atomic E-state index is -0.929. The Balaban J connectivity index is 2.53. The quantitative estimate of drug-likeness (QED) is 0.637. The van der Waals surface area contributed by atoms with Crippen LogP contribution in [0.2, 0.25) is 0 Å². The van der Waals surface area contributed by atoms with Gasteiger partial charge in [0, 0.05) is 19.3 Å². The first-order valence-electron chi connectivity index (χ1n) is 4.56. The van der Waals surface area contributed by atoms with Gasteiger partial charge >= 0.3 is 11.9 Å². The molecule has 1 rings (SSSR count). The van der Waals surface area contributed by atoms with E-state index in [9.17, 15) is 14.7 Å². The van der Waals surface area contributed by atoms with E-state index >= 15 is 0 Å². The number of aliphatic carboxylic acids is 1. The molecule has 5 heteroatoms. The lowest BCUT2D eigenvalue weighted by atomic mass is 10.0. The van der Waals surface area contributed by atoms with E-state index in [0.29, 0.717) is 12.8 Å². The number of aliphatic hydroxyl groups is 1. The second kappa shape index (κ2) is 4.41. The minimum Gasteiger partial charge on any atom is -0.481 e. The molecule has 0 aromatic carbocycles. The summed E-state index contributed by atoms with van der Waals surface area (Å²) in [6, 6.07) is 0. The first-order valence-corrected chi connectivity index (χ1v) is 4.56. The fourth-order valence-electron chi connectivity index (χ4n) is 1.85. The molecule has 0 aromatic rings. The predicted molar refractivity (Wildman–Crippen MR) is 46.5 cm³/mol. The van der Waals surface area contributed by atoms with Crippen molar-refractivity contribution < 1.29 is 24.5 Å². The third-order valence-corrected chi connectivity index (χ3v) is 2.36. The number of hydrogen-bond donors (Lipinski definition) is 2. The fourth-order valence-corrected chi connectivity index (χ4v) is 1.85. The Hall–Kier alpha value is -1.10. The normalized spacial score (nSPS) is 31.4. The van der Waals surface area contributed by atoms with Crippen LogP contribution in [0.25, 0.3) is 0 Å². The Kier molecular flexibility index (Phi) is 3.46. The van der Waals surface area contributed by atoms with Gasteiger partial charge in [0.15, 0.2) is 0 Å². The summed E-state index contributed by atoms with van der Waals surface area (Å²) in [6.45, 7) is 1.28. The molecular formula is C9H14O5. The molecule has 14 heavy (non-hydrogen) atoms. The molecule has 2 N–H and O–H groups in total. The monoisotopic (exact) mass is 202 g/mol. The number of carbonyl (C=O) groups excluding carboxylic acids is 1. The van der Waals surface area contributed by atoms with Gasteiger partial charge in [0.2, 0.25) is 0 Å². The van der Waals surface area contributed by atoms with Crippen molar-refractivity contribution in [1.82, 2.24) is 0 Å². The van der Waals surface area contributed by atoms with E-state index in [1.807, 2.05) is 0 Å². The largest absolute Gasteiger partial charge is 0.481 e. The van der Waals surface area contributed by atoms with Crippen LogP contribution in [0.4, 0.5) is 0 Å². The molecule has 0 spiro atoms. The third-order valence-electron chi connectivity index (χ3n) is 2.36. The lowest BCUT2D eigenvalue weighted by Crippen LogP contribution is -2.23. The van der Waals surface area contributed by atoms with Gasteiger partial charge in [-0.25, -0.2) is 0 Å². The molecule has 5 nitrogen and oxygen atoms in total. The van der Waals surface area contributed by atoms with Crippen molar-refractivity contribution in [2.45, 2.75) is 38.4 Å². The van der Waals surface area contributed by atoms with Crippen LogP contribution in [0.3, 0.4) is 0 Å². The summed E-state index contributed by atoms with van der Waals surface area (Å²) in [5.41, 5.74) is 0. The highest BCUT2D eigenvalue weighted by Gasteiger charge is 2.36. The Morgan fingerprint density at radius 2 is 2.07 bits per heavy atom. The van der Waals surface area contributed by atoms with Gasteiger partial charge in [-0.2, -0.15) is 0 Å². The Morgan fingerprint density at radius 1 is 1.43 bits per heavy atom. The van der Waals surface area contributed by atoms with Crippen LogP contribution in [0.5, 0.6) is 0 Å². The van der Waals surface area contributed by atoms with E-state index in [1.54, 1.807) is 0 Å². The van der Waals surface area contributed by atoms with Gasteiger partial charge in [-0.05, 0) is 6.42 Å². The minimum absolute atomic E-state index is 0.0605. The van der Waals surface area contributed by atoms with Crippen LogP contribution in [0.1, 0.15) is 26.2 Å². The summed E-state index contributed by atoms with van der Waals surface area (Å²) in [5, 5.41) is 17.9. The van der Waals surface area contributed by atoms with Crippen molar-refractivity contribution in [3.63, 3.8) is 0 Å². The summed E-state index contributed by atoms with van der Waals surface area (Å²) in [5.74, 6) is -1.62. The van der Waals surface area contributed by atoms with Gasteiger partial charge < -0.3 is 14.9 Å². The maximum atomic E-state index is 10.7. The Labute approximate surface area is 81.7 Å². The van der Waals surface area contributed by atoms with Crippen molar-refractivity contribution in [1.29, 1.82) is 0 Å². The van der Waals surface area contributed by atoms with Crippen LogP contribution >= 0.6 is 0 Å². The molecule has 0 bridgehead atoms. The van der Waals surface area contributed by atoms with Crippen LogP contribution < -0.4 is 0 Å². The first kappa shape index (κ1) is 11.0. The number of rotatable bonds is 3. The molecule has 1 aliphatic carbocycles. The maximum absolute atomic E-state index is 10.7. The van der Waals surface area contributed by atoms with Crippen LogP contribution in [0.15, 0.2) is 0 Å². The van der Waals surface area contributed by atoms with Crippen LogP contribution in [-0.2, 0) is 14.3 Å². The predicted octanol–water partition coefficient (Wildman–Crippen LogP) is 0.164. The second-order valence-electron chi connectivity index (χ2n) is 3.63. The number of carboxylic acids is 1. The van der Waals surface area contributed by atoms with Gasteiger partial charge in [-0.15, -0.1) is 0 Å². The lowest BCUT2D eigenvalue weighted by molar-refractivity contribution is -0.151. The molecule has 0 amide bonds. The van der Waals surface area contributed by atoms with Crippen molar-refractivity contribution in [3.05, 3.63) is 0 Å². The van der Waals surface area contributed by atoms with E-state index in [1.165, 1.54) is 6.92 Å². The lowest BCUT2D eigenvalue weighted by Gasteiger charge is -2.16. The summed E-state index contributed by atoms with van der Waals surface area (Å²) >= 11 is 0. The van der Waals surface area contributed by atoms with Crippen molar-refractivity contribution in [2.75, 3.05) is 0 Å². The van der Waals surface area contributed by atoms with Gasteiger partial charge in [-0.1, -0.05) is 0 Å². The average Bonchev–Trinajstić information content (AvgIpc) is 2.28. The molecule has 1 fully saturated rings. The van der Waals surface area contributed by atoms with Crippen molar-refractivity contribution >= 4 is 11.9 Å². The number of ether oxygens (including phenoxy) is 1. The molecule has 80 valence electrons. The second-order valence-corrected chi connectivity index (χ2v) is 3.63. The molecule has 0 unspecified atom stereocenters. The smallest absolute Gasteiger partial charge is 0.303 e. The summed E-state index contributed by atoms with van der Waals surface area (Å²) < 4.78 is 4.93.